The maximum Gasteiger partial charge on any atom is 0.217 e. The first kappa shape index (κ1) is 10.7. The number of hydrogen-bond acceptors (Lipinski definition) is 2. The molecular formula is C12H16ClNO. The van der Waals surface area contributed by atoms with Gasteiger partial charge in [0.1, 0.15) is 0 Å². The van der Waals surface area contributed by atoms with E-state index in [1.54, 1.807) is 6.20 Å². The van der Waals surface area contributed by atoms with Crippen LogP contribution < -0.4 is 4.74 Å². The molecular weight excluding hydrogens is 210 g/mol. The Balaban J connectivity index is 1.91. The molecule has 0 amide bonds. The van der Waals surface area contributed by atoms with Crippen LogP contribution >= 0.6 is 11.6 Å². The monoisotopic (exact) mass is 225 g/mol. The largest absolute Gasteiger partial charge is 0.477 e. The third-order valence-corrected chi connectivity index (χ3v) is 3.21. The van der Waals surface area contributed by atoms with Gasteiger partial charge in [-0.15, -0.1) is 11.6 Å². The average Bonchev–Trinajstić information content (AvgIpc) is 2.79. The van der Waals surface area contributed by atoms with Gasteiger partial charge < -0.3 is 4.74 Å². The van der Waals surface area contributed by atoms with Crippen molar-refractivity contribution >= 4 is 11.6 Å². The molecule has 1 heterocycles. The van der Waals surface area contributed by atoms with E-state index in [4.69, 9.17) is 16.3 Å². The van der Waals surface area contributed by atoms with E-state index in [0.29, 0.717) is 11.8 Å². The van der Waals surface area contributed by atoms with Crippen LogP contribution in [-0.2, 0) is 5.88 Å². The van der Waals surface area contributed by atoms with Crippen LogP contribution in [0.5, 0.6) is 5.88 Å². The Morgan fingerprint density at radius 2 is 2.20 bits per heavy atom. The Morgan fingerprint density at radius 1 is 1.40 bits per heavy atom. The zero-order valence-electron chi connectivity index (χ0n) is 8.79. The number of ether oxygens (including phenoxy) is 1. The maximum atomic E-state index is 5.81. The lowest BCUT2D eigenvalue weighted by Gasteiger charge is -2.12. The van der Waals surface area contributed by atoms with E-state index >= 15 is 0 Å². The van der Waals surface area contributed by atoms with Gasteiger partial charge in [0.2, 0.25) is 5.88 Å². The normalized spacial score (nSPS) is 16.9. The summed E-state index contributed by atoms with van der Waals surface area (Å²) in [6.45, 7) is 0.793. The summed E-state index contributed by atoms with van der Waals surface area (Å²) in [5, 5.41) is 0. The lowest BCUT2D eigenvalue weighted by atomic mass is 10.1. The van der Waals surface area contributed by atoms with Crippen molar-refractivity contribution in [3.8, 4) is 5.88 Å². The van der Waals surface area contributed by atoms with Crippen LogP contribution in [0.2, 0.25) is 0 Å². The highest BCUT2D eigenvalue weighted by Crippen LogP contribution is 2.26. The summed E-state index contributed by atoms with van der Waals surface area (Å²) in [6.07, 6.45) is 7.03. The fourth-order valence-corrected chi connectivity index (χ4v) is 2.23. The zero-order valence-corrected chi connectivity index (χ0v) is 9.54. The molecule has 1 aromatic rings. The van der Waals surface area contributed by atoms with Gasteiger partial charge in [0.25, 0.3) is 0 Å². The number of alkyl halides is 1. The molecule has 0 atom stereocenters. The van der Waals surface area contributed by atoms with Crippen molar-refractivity contribution in [2.24, 2.45) is 5.92 Å². The summed E-state index contributed by atoms with van der Waals surface area (Å²) in [5.74, 6) is 1.89. The number of aromatic nitrogens is 1. The van der Waals surface area contributed by atoms with Gasteiger partial charge in [-0.1, -0.05) is 18.9 Å². The van der Waals surface area contributed by atoms with Crippen molar-refractivity contribution in [1.29, 1.82) is 0 Å². The third-order valence-electron chi connectivity index (χ3n) is 2.92. The molecule has 0 saturated heterocycles. The summed E-state index contributed by atoms with van der Waals surface area (Å²) >= 11 is 5.81. The molecule has 1 fully saturated rings. The maximum absolute atomic E-state index is 5.81. The lowest BCUT2D eigenvalue weighted by Crippen LogP contribution is -2.09. The van der Waals surface area contributed by atoms with Crippen molar-refractivity contribution < 1.29 is 4.74 Å². The standard InChI is InChI=1S/C12H16ClNO/c13-8-11-6-3-7-14-12(11)15-9-10-4-1-2-5-10/h3,6-7,10H,1-2,4-5,8-9H2. The van der Waals surface area contributed by atoms with Crippen LogP contribution in [0.15, 0.2) is 18.3 Å². The van der Waals surface area contributed by atoms with Gasteiger partial charge in [-0.2, -0.15) is 0 Å². The second kappa shape index (κ2) is 5.36. The molecule has 3 heteroatoms. The molecule has 1 aromatic heterocycles. The van der Waals surface area contributed by atoms with Crippen LogP contribution in [0.25, 0.3) is 0 Å². The molecule has 0 spiro atoms. The molecule has 1 aliphatic rings. The molecule has 15 heavy (non-hydrogen) atoms. The second-order valence-corrected chi connectivity index (χ2v) is 4.33. The summed E-state index contributed by atoms with van der Waals surface area (Å²) in [4.78, 5) is 4.20. The van der Waals surface area contributed by atoms with Crippen LogP contribution in [0.1, 0.15) is 31.2 Å². The van der Waals surface area contributed by atoms with Crippen molar-refractivity contribution in [1.82, 2.24) is 4.98 Å². The van der Waals surface area contributed by atoms with Crippen molar-refractivity contribution in [3.63, 3.8) is 0 Å². The summed E-state index contributed by atoms with van der Waals surface area (Å²) < 4.78 is 5.72. The molecule has 0 unspecified atom stereocenters. The number of rotatable bonds is 4. The number of hydrogen-bond donors (Lipinski definition) is 0. The highest BCUT2D eigenvalue weighted by atomic mass is 35.5. The van der Waals surface area contributed by atoms with E-state index in [1.807, 2.05) is 12.1 Å². The van der Waals surface area contributed by atoms with E-state index in [9.17, 15) is 0 Å². The minimum Gasteiger partial charge on any atom is -0.477 e. The SMILES string of the molecule is ClCc1cccnc1OCC1CCCC1. The van der Waals surface area contributed by atoms with E-state index in [1.165, 1.54) is 25.7 Å². The van der Waals surface area contributed by atoms with Gasteiger partial charge in [0.05, 0.1) is 12.5 Å². The second-order valence-electron chi connectivity index (χ2n) is 4.06. The van der Waals surface area contributed by atoms with Crippen molar-refractivity contribution in [3.05, 3.63) is 23.9 Å². The van der Waals surface area contributed by atoms with Crippen LogP contribution in [0, 0.1) is 5.92 Å². The van der Waals surface area contributed by atoms with Gasteiger partial charge in [0, 0.05) is 11.8 Å². The Labute approximate surface area is 95.6 Å². The molecule has 2 rings (SSSR count). The van der Waals surface area contributed by atoms with Gasteiger partial charge in [-0.05, 0) is 24.8 Å². The first-order chi connectivity index (χ1) is 7.40. The third kappa shape index (κ3) is 2.85. The average molecular weight is 226 g/mol. The van der Waals surface area contributed by atoms with Gasteiger partial charge in [-0.25, -0.2) is 4.98 Å². The number of halogens is 1. The number of pyridine rings is 1. The highest BCUT2D eigenvalue weighted by molar-refractivity contribution is 6.17. The van der Waals surface area contributed by atoms with Gasteiger partial charge in [-0.3, -0.25) is 0 Å². The molecule has 0 bridgehead atoms. The highest BCUT2D eigenvalue weighted by Gasteiger charge is 2.16. The Bertz CT molecular complexity index is 310. The predicted molar refractivity (Wildman–Crippen MR) is 61.2 cm³/mol. The fourth-order valence-electron chi connectivity index (χ4n) is 2.03. The molecule has 2 nitrogen and oxygen atoms in total. The Hall–Kier alpha value is -0.760. The topological polar surface area (TPSA) is 22.1 Å². The molecule has 0 N–H and O–H groups in total. The molecule has 0 aromatic carbocycles. The van der Waals surface area contributed by atoms with Crippen molar-refractivity contribution in [2.75, 3.05) is 6.61 Å². The minimum absolute atomic E-state index is 0.466. The molecule has 82 valence electrons. The molecule has 0 aliphatic heterocycles. The first-order valence-corrected chi connectivity index (χ1v) is 6.06. The predicted octanol–water partition coefficient (Wildman–Crippen LogP) is 3.39. The molecule has 0 radical (unpaired) electrons. The van der Waals surface area contributed by atoms with E-state index in [-0.39, 0.29) is 0 Å². The van der Waals surface area contributed by atoms with E-state index < -0.39 is 0 Å². The summed E-state index contributed by atoms with van der Waals surface area (Å²) in [5.41, 5.74) is 0.983. The van der Waals surface area contributed by atoms with Crippen LogP contribution in [0.3, 0.4) is 0 Å². The number of nitrogens with zero attached hydrogens (tertiary/aromatic N) is 1. The Kier molecular flexibility index (Phi) is 3.84. The smallest absolute Gasteiger partial charge is 0.217 e. The van der Waals surface area contributed by atoms with Crippen molar-refractivity contribution in [2.45, 2.75) is 31.6 Å². The lowest BCUT2D eigenvalue weighted by molar-refractivity contribution is 0.242. The van der Waals surface area contributed by atoms with E-state index in [2.05, 4.69) is 4.98 Å². The van der Waals surface area contributed by atoms with Crippen LogP contribution in [0.4, 0.5) is 0 Å². The van der Waals surface area contributed by atoms with Crippen LogP contribution in [-0.4, -0.2) is 11.6 Å². The van der Waals surface area contributed by atoms with Gasteiger partial charge >= 0.3 is 0 Å². The quantitative estimate of drug-likeness (QED) is 0.733. The van der Waals surface area contributed by atoms with E-state index in [0.717, 1.165) is 18.1 Å². The summed E-state index contributed by atoms with van der Waals surface area (Å²) in [7, 11) is 0. The Morgan fingerprint density at radius 3 is 2.93 bits per heavy atom. The minimum atomic E-state index is 0.466. The fraction of sp³-hybridized carbons (Fsp3) is 0.583. The molecule has 1 aliphatic carbocycles. The zero-order chi connectivity index (χ0) is 10.5. The van der Waals surface area contributed by atoms with Gasteiger partial charge in [0.15, 0.2) is 0 Å². The molecule has 1 saturated carbocycles. The first-order valence-electron chi connectivity index (χ1n) is 5.53. The summed E-state index contributed by atoms with van der Waals surface area (Å²) in [6, 6.07) is 3.85.